The van der Waals surface area contributed by atoms with Crippen molar-refractivity contribution in [2.24, 2.45) is 0 Å². The third kappa shape index (κ3) is 20.2. The van der Waals surface area contributed by atoms with Crippen molar-refractivity contribution in [2.75, 3.05) is 121 Å². The summed E-state index contributed by atoms with van der Waals surface area (Å²) in [5, 5.41) is 58.1. The molecule has 37 nitrogen and oxygen atoms in total. The summed E-state index contributed by atoms with van der Waals surface area (Å²) in [4.78, 5) is 102. The molecule has 39 heteroatoms. The Morgan fingerprint density at radius 2 is 0.957 bits per heavy atom. The van der Waals surface area contributed by atoms with Crippen LogP contribution in [0.3, 0.4) is 0 Å². The average Bonchev–Trinajstić information content (AvgIpc) is 1.57. The van der Waals surface area contributed by atoms with Gasteiger partial charge in [-0.3, -0.25) is 43.6 Å². The zero-order chi connectivity index (χ0) is 82.1. The molecule has 116 heavy (non-hydrogen) atoms. The number of methoxy groups -OCH3 is 1. The minimum atomic E-state index is -1.83. The minimum Gasteiger partial charge on any atom is -0.492 e. The van der Waals surface area contributed by atoms with E-state index in [2.05, 4.69) is 50.2 Å². The zero-order valence-corrected chi connectivity index (χ0v) is 66.0. The van der Waals surface area contributed by atoms with Crippen LogP contribution in [-0.4, -0.2) is 262 Å². The molecular weight excluding hydrogens is 1560 g/mol. The molecule has 4 unspecified atom stereocenters. The Kier molecular flexibility index (Phi) is 26.2. The molecule has 10 atom stereocenters. The second-order valence-corrected chi connectivity index (χ2v) is 30.9. The van der Waals surface area contributed by atoms with E-state index in [1.807, 2.05) is 73.1 Å². The van der Waals surface area contributed by atoms with E-state index in [9.17, 15) is 54.0 Å². The van der Waals surface area contributed by atoms with Crippen molar-refractivity contribution in [3.05, 3.63) is 121 Å². The van der Waals surface area contributed by atoms with Crippen molar-refractivity contribution in [1.29, 1.82) is 0 Å². The second kappa shape index (κ2) is 36.6. The summed E-state index contributed by atoms with van der Waals surface area (Å²) in [6.07, 6.45) is -12.3. The standard InChI is InChI=1S/C42H48N6O14S.C35H40N6O11S/c1-23(49)58-34-35(59-24(2)50)37(60-25(3)51)39(61-36(34)38(52)54-6)57-22-42(4,5)32-20-33(46-62-32)45-40(53)43-27-9-7-26(8-10-27)29-21-48-30-12-11-28(19-31(30)63-41(48)44-29)56-18-15-47-13-16-55-17-14-47;1-35(2,18-50-32-29(44)27(42)28(43)30(51-32)31(45)46)25-16-26(39-52-25)38-33(47)36-20-5-3-19(4-6-20)22-17-41-23-8-7-21(15-24(23)53-34(41)37-22)49-14-11-40-9-12-48-13-10-40/h7-12,19-21,34-37,39H,13-18,22H2,1-6H3,(H2,43,45,46,53);3-8,15-17,27-30,32,42-44H,9-14,18H2,1-2H3,(H,45,46)(H2,36,38,39,47)/t34-,35-,36?,37?,39+;27-,28-,29?,30?,32+/m00/s1. The number of carboxylic acid groups (broad SMARTS) is 1. The predicted molar refractivity (Wildman–Crippen MR) is 415 cm³/mol. The molecule has 4 aliphatic rings. The van der Waals surface area contributed by atoms with Crippen LogP contribution in [0.25, 0.3) is 52.9 Å². The highest BCUT2D eigenvalue weighted by molar-refractivity contribution is 7.24. The number of nitrogens with zero attached hydrogens (tertiary/aromatic N) is 8. The molecule has 14 rings (SSSR count). The summed E-state index contributed by atoms with van der Waals surface area (Å²) in [5.41, 5.74) is 4.58. The Labute approximate surface area is 669 Å². The number of carbonyl (C=O) groups excluding carboxylic acids is 6. The predicted octanol–water partition coefficient (Wildman–Crippen LogP) is 7.29. The molecule has 0 aliphatic carbocycles. The highest BCUT2D eigenvalue weighted by Gasteiger charge is 2.56. The zero-order valence-electron chi connectivity index (χ0n) is 64.3. The number of aromatic nitrogens is 6. The number of carboxylic acids is 1. The van der Waals surface area contributed by atoms with Gasteiger partial charge in [-0.05, 0) is 60.7 Å². The number of amides is 4. The van der Waals surface area contributed by atoms with Crippen LogP contribution in [0, 0.1) is 0 Å². The van der Waals surface area contributed by atoms with E-state index in [1.165, 1.54) is 12.1 Å². The number of thiazole rings is 2. The number of urea groups is 2. The van der Waals surface area contributed by atoms with Crippen LogP contribution < -0.4 is 30.7 Å². The molecule has 618 valence electrons. The van der Waals surface area contributed by atoms with Crippen molar-refractivity contribution in [3.8, 4) is 34.0 Å². The van der Waals surface area contributed by atoms with Crippen molar-refractivity contribution < 1.29 is 120 Å². The molecule has 0 spiro atoms. The fraction of sp³-hybridized carbons (Fsp3) is 0.442. The van der Waals surface area contributed by atoms with E-state index in [0.717, 1.165) is 158 Å². The summed E-state index contributed by atoms with van der Waals surface area (Å²) >= 11 is 3.16. The maximum Gasteiger partial charge on any atom is 0.339 e. The van der Waals surface area contributed by atoms with Gasteiger partial charge in [0.2, 0.25) is 0 Å². The molecule has 10 aromatic rings. The number of hydrogen-bond acceptors (Lipinski definition) is 32. The van der Waals surface area contributed by atoms with Gasteiger partial charge in [0.15, 0.2) is 64.7 Å². The lowest BCUT2D eigenvalue weighted by atomic mass is 9.91. The van der Waals surface area contributed by atoms with Gasteiger partial charge >= 0.3 is 41.9 Å². The summed E-state index contributed by atoms with van der Waals surface area (Å²) in [6, 6.07) is 28.5. The van der Waals surface area contributed by atoms with Gasteiger partial charge in [-0.1, -0.05) is 84.9 Å². The van der Waals surface area contributed by atoms with Crippen molar-refractivity contribution in [1.82, 2.24) is 38.9 Å². The third-order valence-electron chi connectivity index (χ3n) is 19.3. The lowest BCUT2D eigenvalue weighted by Crippen LogP contribution is -2.64. The molecule has 4 aliphatic heterocycles. The molecular formula is C77H88N12O25S2. The first-order valence-corrected chi connectivity index (χ1v) is 38.7. The van der Waals surface area contributed by atoms with E-state index in [-0.39, 0.29) is 30.6 Å². The van der Waals surface area contributed by atoms with Gasteiger partial charge in [-0.15, -0.1) is 0 Å². The minimum absolute atomic E-state index is 0.0979. The lowest BCUT2D eigenvalue weighted by molar-refractivity contribution is -0.303. The molecule has 4 fully saturated rings. The van der Waals surface area contributed by atoms with Gasteiger partial charge in [-0.25, -0.2) is 29.1 Å². The maximum absolute atomic E-state index is 13.0. The summed E-state index contributed by atoms with van der Waals surface area (Å²) < 4.78 is 83.7. The molecule has 0 radical (unpaired) electrons. The van der Waals surface area contributed by atoms with Crippen molar-refractivity contribution >= 4 is 118 Å². The topological polar surface area (TPSA) is 452 Å². The van der Waals surface area contributed by atoms with Gasteiger partial charge in [0, 0.05) is 118 Å². The van der Waals surface area contributed by atoms with Gasteiger partial charge < -0.3 is 96.9 Å². The average molecular weight is 1650 g/mol. The maximum atomic E-state index is 13.0. The first-order chi connectivity index (χ1) is 55.6. The number of aliphatic hydroxyl groups is 3. The summed E-state index contributed by atoms with van der Waals surface area (Å²) in [5.74, 6) is -2.46. The first-order valence-electron chi connectivity index (χ1n) is 37.0. The normalized spacial score (nSPS) is 21.5. The van der Waals surface area contributed by atoms with Gasteiger partial charge in [0.25, 0.3) is 0 Å². The number of nitrogens with one attached hydrogen (secondary N) is 4. The van der Waals surface area contributed by atoms with Crippen LogP contribution in [-0.2, 0) is 82.2 Å². The number of aliphatic carboxylic acids is 1. The Morgan fingerprint density at radius 1 is 0.526 bits per heavy atom. The summed E-state index contributed by atoms with van der Waals surface area (Å²) in [6.45, 7) is 19.5. The molecule has 4 amide bonds. The smallest absolute Gasteiger partial charge is 0.339 e. The molecule has 0 saturated carbocycles. The number of ether oxygens (including phenoxy) is 12. The van der Waals surface area contributed by atoms with Gasteiger partial charge in [0.05, 0.1) is 78.6 Å². The molecule has 4 aromatic carbocycles. The second-order valence-electron chi connectivity index (χ2n) is 28.9. The van der Waals surface area contributed by atoms with Crippen LogP contribution in [0.4, 0.5) is 32.6 Å². The molecule has 10 heterocycles. The largest absolute Gasteiger partial charge is 0.492 e. The van der Waals surface area contributed by atoms with E-state index >= 15 is 0 Å². The lowest BCUT2D eigenvalue weighted by Gasteiger charge is -2.43. The van der Waals surface area contributed by atoms with E-state index in [1.54, 1.807) is 74.6 Å². The number of hydrogen-bond donors (Lipinski definition) is 8. The van der Waals surface area contributed by atoms with Crippen molar-refractivity contribution in [3.63, 3.8) is 0 Å². The van der Waals surface area contributed by atoms with Gasteiger partial charge in [0.1, 0.15) is 54.5 Å². The summed E-state index contributed by atoms with van der Waals surface area (Å²) in [7, 11) is 1.09. The molecule has 0 bridgehead atoms. The third-order valence-corrected chi connectivity index (χ3v) is 21.3. The highest BCUT2D eigenvalue weighted by Crippen LogP contribution is 2.38. The van der Waals surface area contributed by atoms with E-state index in [0.29, 0.717) is 30.3 Å². The first kappa shape index (κ1) is 83.2. The van der Waals surface area contributed by atoms with Crippen LogP contribution >= 0.6 is 22.7 Å². The number of aliphatic hydroxyl groups excluding tert-OH is 3. The Morgan fingerprint density at radius 3 is 1.40 bits per heavy atom. The Bertz CT molecular complexity index is 5130. The number of benzene rings is 4. The number of carbonyl (C=O) groups is 7. The fourth-order valence-electron chi connectivity index (χ4n) is 13.1. The number of fused-ring (bicyclic) bond motifs is 6. The molecule has 6 aromatic heterocycles. The Balaban J connectivity index is 0.000000205. The van der Waals surface area contributed by atoms with E-state index < -0.39 is 114 Å². The number of imidazole rings is 2. The number of morpholine rings is 2. The molecule has 4 saturated heterocycles. The number of rotatable bonds is 27. The number of esters is 4. The van der Waals surface area contributed by atoms with Crippen LogP contribution in [0.2, 0.25) is 0 Å². The number of anilines is 4. The quantitative estimate of drug-likeness (QED) is 0.0185. The van der Waals surface area contributed by atoms with Gasteiger partial charge in [-0.2, -0.15) is 0 Å². The monoisotopic (exact) mass is 1640 g/mol. The van der Waals surface area contributed by atoms with Crippen LogP contribution in [0.5, 0.6) is 11.5 Å². The van der Waals surface area contributed by atoms with Crippen LogP contribution in [0.1, 0.15) is 60.0 Å². The fourth-order valence-corrected chi connectivity index (χ4v) is 15.2. The van der Waals surface area contributed by atoms with Crippen LogP contribution in [0.15, 0.2) is 119 Å². The van der Waals surface area contributed by atoms with Crippen molar-refractivity contribution in [2.45, 2.75) is 121 Å². The Hall–Kier alpha value is -10.8. The molecule has 8 N–H and O–H groups in total. The highest BCUT2D eigenvalue weighted by atomic mass is 32.1. The SMILES string of the molecule is CC(C)(CO[C@@H]1OC(C(=O)O)[C@@H](O)[C@H](O)C1O)c1cc(NC(=O)Nc2ccc(-c3cn4c(n3)sc3cc(OCCN5CCOCC5)ccc34)cc2)no1.COC(=O)C1O[C@@H](OCC(C)(C)c2cc(NC(=O)Nc3ccc(-c4cn5c(n4)sc4cc(OCCN6CCOCC6)ccc45)cc3)no2)C(OC(C)=O)[C@@H](OC(C)=O)[C@@H]1OC(C)=O. The van der Waals surface area contributed by atoms with E-state index in [4.69, 9.17) is 75.9 Å².